The number of rotatable bonds is 0. The average Bonchev–Trinajstić information content (AvgIpc) is 2.35. The fourth-order valence-electron chi connectivity index (χ4n) is 0.868. The Morgan fingerprint density at radius 1 is 1.30 bits per heavy atom. The van der Waals surface area contributed by atoms with Crippen molar-refractivity contribution in [2.45, 2.75) is 0 Å². The van der Waals surface area contributed by atoms with Crippen molar-refractivity contribution >= 4 is 0 Å². The van der Waals surface area contributed by atoms with Crippen LogP contribution in [0.25, 0.3) is 11.3 Å². The number of hydrogen-bond acceptors (Lipinski definition) is 4. The molecule has 0 fully saturated rings. The van der Waals surface area contributed by atoms with E-state index in [0.717, 1.165) is 0 Å². The molecule has 0 saturated carbocycles. The minimum absolute atomic E-state index is 0.324. The van der Waals surface area contributed by atoms with Gasteiger partial charge in [-0.15, -0.1) is 0 Å². The quantitative estimate of drug-likeness (QED) is 0.472. The summed E-state index contributed by atoms with van der Waals surface area (Å²) in [4.78, 5) is 28.2. The highest BCUT2D eigenvalue weighted by Crippen LogP contribution is 2.08. The Balaban J connectivity index is 3.00. The predicted molar refractivity (Wildman–Crippen MR) is 33.6 cm³/mol. The van der Waals surface area contributed by atoms with E-state index in [9.17, 15) is 9.59 Å². The van der Waals surface area contributed by atoms with Gasteiger partial charge in [0.05, 0.1) is 17.5 Å². The summed E-state index contributed by atoms with van der Waals surface area (Å²) in [5.41, 5.74) is -0.0194. The first-order chi connectivity index (χ1) is 4.77. The number of hydrogen-bond donors (Lipinski definition) is 0. The van der Waals surface area contributed by atoms with Gasteiger partial charge in [-0.05, 0) is 0 Å². The first kappa shape index (κ1) is 5.22. The first-order valence-corrected chi connectivity index (χ1v) is 2.70. The zero-order valence-corrected chi connectivity index (χ0v) is 4.87. The monoisotopic (exact) mass is 134 g/mol. The molecule has 4 nitrogen and oxygen atoms in total. The second-order valence-electron chi connectivity index (χ2n) is 1.96. The molecule has 0 N–H and O–H groups in total. The maximum absolute atomic E-state index is 10.7. The highest BCUT2D eigenvalue weighted by Gasteiger charge is 2.12. The molecule has 48 valence electrons. The first-order valence-electron chi connectivity index (χ1n) is 2.70. The molecule has 0 radical (unpaired) electrons. The zero-order chi connectivity index (χ0) is 7.14. The second-order valence-corrected chi connectivity index (χ2v) is 1.96. The topological polar surface area (TPSA) is 59.9 Å². The molecule has 0 spiro atoms. The molecule has 0 atom stereocenters. The Labute approximate surface area is 55.2 Å². The number of aromatic nitrogens is 2. The van der Waals surface area contributed by atoms with E-state index >= 15 is 0 Å². The third-order valence-electron chi connectivity index (χ3n) is 1.31. The molecule has 0 bridgehead atoms. The fourth-order valence-corrected chi connectivity index (χ4v) is 0.868. The lowest BCUT2D eigenvalue weighted by molar-refractivity contribution is 1.28. The minimum atomic E-state index is -0.371. The summed E-state index contributed by atoms with van der Waals surface area (Å²) < 4.78 is 0. The standard InChI is InChI=1S/C6H2N2O2/c9-5-1-3-4(8-5)2-7-6(3)10/h1-2H. The highest BCUT2D eigenvalue weighted by atomic mass is 16.1. The van der Waals surface area contributed by atoms with E-state index in [1.165, 1.54) is 12.3 Å². The predicted octanol–water partition coefficient (Wildman–Crippen LogP) is -0.823. The van der Waals surface area contributed by atoms with Crippen LogP contribution in [0.2, 0.25) is 0 Å². The Kier molecular flexibility index (Phi) is 0.768. The van der Waals surface area contributed by atoms with Crippen LogP contribution in [-0.2, 0) is 0 Å². The lowest BCUT2D eigenvalue weighted by Gasteiger charge is -1.72. The third-order valence-corrected chi connectivity index (χ3v) is 1.31. The van der Waals surface area contributed by atoms with Crippen molar-refractivity contribution in [1.82, 2.24) is 9.97 Å². The smallest absolute Gasteiger partial charge is 0.267 e. The van der Waals surface area contributed by atoms with Gasteiger partial charge in [0.1, 0.15) is 0 Å². The van der Waals surface area contributed by atoms with E-state index in [1.807, 2.05) is 0 Å². The van der Waals surface area contributed by atoms with Gasteiger partial charge >= 0.3 is 0 Å². The van der Waals surface area contributed by atoms with Crippen LogP contribution in [0.1, 0.15) is 0 Å². The van der Waals surface area contributed by atoms with Crippen LogP contribution in [0.15, 0.2) is 21.9 Å². The van der Waals surface area contributed by atoms with Gasteiger partial charge in [-0.1, -0.05) is 0 Å². The molecule has 10 heavy (non-hydrogen) atoms. The van der Waals surface area contributed by atoms with Crippen molar-refractivity contribution in [3.05, 3.63) is 33.0 Å². The third kappa shape index (κ3) is 0.500. The van der Waals surface area contributed by atoms with Crippen molar-refractivity contribution in [2.24, 2.45) is 0 Å². The van der Waals surface area contributed by atoms with Crippen LogP contribution in [0.5, 0.6) is 0 Å². The Bertz CT molecular complexity index is 414. The van der Waals surface area contributed by atoms with Crippen LogP contribution < -0.4 is 11.1 Å². The van der Waals surface area contributed by atoms with Gasteiger partial charge in [0.2, 0.25) is 0 Å². The summed E-state index contributed by atoms with van der Waals surface area (Å²) in [6.45, 7) is 0. The van der Waals surface area contributed by atoms with Crippen LogP contribution in [0, 0.1) is 0 Å². The normalized spacial score (nSPS) is 10.8. The van der Waals surface area contributed by atoms with Crippen molar-refractivity contribution in [3.63, 3.8) is 0 Å². The van der Waals surface area contributed by atoms with Crippen molar-refractivity contribution in [3.8, 4) is 11.3 Å². The molecular weight excluding hydrogens is 132 g/mol. The molecule has 0 aliphatic carbocycles. The summed E-state index contributed by atoms with van der Waals surface area (Å²) in [6.07, 6.45) is 1.30. The molecule has 0 unspecified atom stereocenters. The molecule has 2 aliphatic heterocycles. The second kappa shape index (κ2) is 1.47. The molecule has 2 aliphatic rings. The molecule has 0 saturated heterocycles. The van der Waals surface area contributed by atoms with E-state index in [2.05, 4.69) is 9.97 Å². The molecule has 2 rings (SSSR count). The SMILES string of the molecule is O=c1cc2c(=O)ncc-2n1. The minimum Gasteiger partial charge on any atom is -0.267 e. The fraction of sp³-hybridized carbons (Fsp3) is 0. The molecule has 0 aromatic rings. The van der Waals surface area contributed by atoms with Gasteiger partial charge in [-0.25, -0.2) is 9.97 Å². The van der Waals surface area contributed by atoms with Gasteiger partial charge in [0.25, 0.3) is 11.1 Å². The van der Waals surface area contributed by atoms with Gasteiger partial charge < -0.3 is 0 Å². The van der Waals surface area contributed by atoms with Crippen LogP contribution in [0.3, 0.4) is 0 Å². The van der Waals surface area contributed by atoms with Gasteiger partial charge in [-0.3, -0.25) is 9.59 Å². The van der Waals surface area contributed by atoms with Gasteiger partial charge in [-0.2, -0.15) is 0 Å². The Hall–Kier alpha value is -1.58. The highest BCUT2D eigenvalue weighted by molar-refractivity contribution is 5.59. The van der Waals surface area contributed by atoms with Crippen molar-refractivity contribution in [2.75, 3.05) is 0 Å². The van der Waals surface area contributed by atoms with E-state index in [0.29, 0.717) is 11.3 Å². The molecule has 0 aromatic carbocycles. The average molecular weight is 134 g/mol. The zero-order valence-electron chi connectivity index (χ0n) is 4.87. The Morgan fingerprint density at radius 3 is 2.80 bits per heavy atom. The lowest BCUT2D eigenvalue weighted by Crippen LogP contribution is -1.99. The van der Waals surface area contributed by atoms with E-state index in [4.69, 9.17) is 0 Å². The van der Waals surface area contributed by atoms with Gasteiger partial charge in [0.15, 0.2) is 0 Å². The number of fused-ring (bicyclic) bond motifs is 1. The van der Waals surface area contributed by atoms with Crippen molar-refractivity contribution in [1.29, 1.82) is 0 Å². The summed E-state index contributed by atoms with van der Waals surface area (Å²) >= 11 is 0. The molecule has 0 aromatic heterocycles. The molecule has 2 heterocycles. The molecule has 4 heteroatoms. The summed E-state index contributed by atoms with van der Waals surface area (Å²) in [5, 5.41) is 0. The van der Waals surface area contributed by atoms with E-state index < -0.39 is 0 Å². The maximum atomic E-state index is 10.7. The van der Waals surface area contributed by atoms with Gasteiger partial charge in [0, 0.05) is 6.07 Å². The van der Waals surface area contributed by atoms with Crippen LogP contribution in [0.4, 0.5) is 0 Å². The summed E-state index contributed by atoms with van der Waals surface area (Å²) in [7, 11) is 0. The largest absolute Gasteiger partial charge is 0.279 e. The van der Waals surface area contributed by atoms with Crippen LogP contribution >= 0.6 is 0 Å². The van der Waals surface area contributed by atoms with Crippen molar-refractivity contribution < 1.29 is 0 Å². The molecular formula is C6H2N2O2. The molecule has 0 amide bonds. The van der Waals surface area contributed by atoms with E-state index in [-0.39, 0.29) is 11.1 Å². The maximum Gasteiger partial charge on any atom is 0.279 e. The Morgan fingerprint density at radius 2 is 2.10 bits per heavy atom. The summed E-state index contributed by atoms with van der Waals surface area (Å²) in [6, 6.07) is 1.20. The van der Waals surface area contributed by atoms with E-state index in [1.54, 1.807) is 0 Å². The van der Waals surface area contributed by atoms with Crippen LogP contribution in [-0.4, -0.2) is 9.97 Å². The summed E-state index contributed by atoms with van der Waals surface area (Å²) in [5.74, 6) is 0. The lowest BCUT2D eigenvalue weighted by atomic mass is 10.3. The number of nitrogens with zero attached hydrogens (tertiary/aromatic N) is 2.